The van der Waals surface area contributed by atoms with Crippen molar-refractivity contribution in [2.24, 2.45) is 0 Å². The van der Waals surface area contributed by atoms with Crippen molar-refractivity contribution in [2.45, 2.75) is 44.1 Å². The maximum atomic E-state index is 13.2. The largest absolute Gasteiger partial charge is 0.496 e. The predicted octanol–water partition coefficient (Wildman–Crippen LogP) is 3.83. The van der Waals surface area contributed by atoms with Crippen LogP contribution in [-0.4, -0.2) is 51.8 Å². The van der Waals surface area contributed by atoms with E-state index in [0.29, 0.717) is 30.0 Å². The fourth-order valence-corrected chi connectivity index (χ4v) is 5.31. The van der Waals surface area contributed by atoms with E-state index in [1.807, 2.05) is 0 Å². The minimum Gasteiger partial charge on any atom is -0.496 e. The molecule has 0 spiro atoms. The van der Waals surface area contributed by atoms with Crippen LogP contribution < -0.4 is 9.47 Å². The van der Waals surface area contributed by atoms with Crippen LogP contribution in [0.3, 0.4) is 0 Å². The quantitative estimate of drug-likeness (QED) is 0.423. The summed E-state index contributed by atoms with van der Waals surface area (Å²) in [5, 5.41) is 0. The molecule has 0 unspecified atom stereocenters. The van der Waals surface area contributed by atoms with Gasteiger partial charge in [0.1, 0.15) is 23.7 Å². The Morgan fingerprint density at radius 3 is 2.15 bits per heavy atom. The van der Waals surface area contributed by atoms with E-state index in [-0.39, 0.29) is 28.6 Å². The lowest BCUT2D eigenvalue weighted by Crippen LogP contribution is -2.32. The van der Waals surface area contributed by atoms with Crippen LogP contribution in [0.4, 0.5) is 0 Å². The van der Waals surface area contributed by atoms with Crippen molar-refractivity contribution in [3.05, 3.63) is 53.1 Å². The number of ether oxygens (including phenoxy) is 3. The second-order valence-electron chi connectivity index (χ2n) is 7.84. The maximum Gasteiger partial charge on any atom is 0.342 e. The smallest absolute Gasteiger partial charge is 0.342 e. The Hall–Kier alpha value is -2.91. The fourth-order valence-electron chi connectivity index (χ4n) is 3.77. The Balaban J connectivity index is 1.86. The molecule has 1 aliphatic heterocycles. The van der Waals surface area contributed by atoms with Gasteiger partial charge in [0.25, 0.3) is 0 Å². The van der Waals surface area contributed by atoms with Crippen LogP contribution >= 0.6 is 0 Å². The van der Waals surface area contributed by atoms with E-state index in [2.05, 4.69) is 0 Å². The summed E-state index contributed by atoms with van der Waals surface area (Å²) in [4.78, 5) is 24.6. The van der Waals surface area contributed by atoms with Crippen LogP contribution in [0.2, 0.25) is 0 Å². The van der Waals surface area contributed by atoms with E-state index in [9.17, 15) is 18.0 Å². The SMILES string of the molecule is COc1ccc(C(C)=O)cc1COC(=O)c1cc(S(=O)(=O)N2CCCCCC2)ccc1OC. The zero-order valence-corrected chi connectivity index (χ0v) is 19.9. The summed E-state index contributed by atoms with van der Waals surface area (Å²) >= 11 is 0. The van der Waals surface area contributed by atoms with Crippen molar-refractivity contribution in [1.82, 2.24) is 4.31 Å². The first-order valence-corrected chi connectivity index (χ1v) is 12.2. The summed E-state index contributed by atoms with van der Waals surface area (Å²) in [7, 11) is -0.869. The van der Waals surface area contributed by atoms with E-state index in [1.54, 1.807) is 18.2 Å². The monoisotopic (exact) mass is 475 g/mol. The molecule has 1 aliphatic rings. The minimum absolute atomic E-state index is 0.00934. The lowest BCUT2D eigenvalue weighted by atomic mass is 10.1. The second-order valence-corrected chi connectivity index (χ2v) is 9.78. The molecule has 1 fully saturated rings. The molecule has 0 N–H and O–H groups in total. The standard InChI is InChI=1S/C24H29NO7S/c1-17(26)18-8-10-22(30-2)19(14-18)16-32-24(27)21-15-20(9-11-23(21)31-3)33(28,29)25-12-6-4-5-7-13-25/h8-11,14-15H,4-7,12-13,16H2,1-3H3. The number of nitrogens with zero attached hydrogens (tertiary/aromatic N) is 1. The molecule has 33 heavy (non-hydrogen) atoms. The first-order chi connectivity index (χ1) is 15.8. The molecule has 0 radical (unpaired) electrons. The number of benzene rings is 2. The molecule has 0 aliphatic carbocycles. The number of carbonyl (C=O) groups excluding carboxylic acids is 2. The predicted molar refractivity (Wildman–Crippen MR) is 122 cm³/mol. The number of sulfonamides is 1. The highest BCUT2D eigenvalue weighted by Gasteiger charge is 2.27. The highest BCUT2D eigenvalue weighted by Crippen LogP contribution is 2.28. The van der Waals surface area contributed by atoms with E-state index < -0.39 is 16.0 Å². The normalized spacial score (nSPS) is 14.9. The molecule has 0 amide bonds. The van der Waals surface area contributed by atoms with Crippen molar-refractivity contribution >= 4 is 21.8 Å². The van der Waals surface area contributed by atoms with E-state index in [0.717, 1.165) is 25.7 Å². The Bertz CT molecular complexity index is 1120. The molecule has 0 atom stereocenters. The molecular weight excluding hydrogens is 446 g/mol. The van der Waals surface area contributed by atoms with Crippen LogP contribution in [0.1, 0.15) is 58.9 Å². The number of ketones is 1. The van der Waals surface area contributed by atoms with Gasteiger partial charge in [-0.05, 0) is 56.2 Å². The Morgan fingerprint density at radius 1 is 0.909 bits per heavy atom. The van der Waals surface area contributed by atoms with Crippen LogP contribution in [0.15, 0.2) is 41.3 Å². The van der Waals surface area contributed by atoms with Crippen molar-refractivity contribution in [3.63, 3.8) is 0 Å². The van der Waals surface area contributed by atoms with Gasteiger partial charge in [-0.25, -0.2) is 13.2 Å². The number of hydrogen-bond donors (Lipinski definition) is 0. The van der Waals surface area contributed by atoms with Gasteiger partial charge in [-0.2, -0.15) is 4.31 Å². The number of rotatable bonds is 8. The van der Waals surface area contributed by atoms with Gasteiger partial charge in [0.05, 0.1) is 19.1 Å². The Labute approximate surface area is 194 Å². The molecule has 0 aromatic heterocycles. The van der Waals surface area contributed by atoms with Crippen molar-refractivity contribution < 1.29 is 32.2 Å². The molecule has 178 valence electrons. The minimum atomic E-state index is -3.75. The van der Waals surface area contributed by atoms with Crippen molar-refractivity contribution in [1.29, 1.82) is 0 Å². The van der Waals surface area contributed by atoms with Gasteiger partial charge in [0, 0.05) is 24.2 Å². The molecule has 0 saturated carbocycles. The topological polar surface area (TPSA) is 99.2 Å². The first kappa shape index (κ1) is 24.7. The van der Waals surface area contributed by atoms with Crippen LogP contribution in [-0.2, 0) is 21.4 Å². The number of hydrogen-bond acceptors (Lipinski definition) is 7. The molecule has 1 heterocycles. The van der Waals surface area contributed by atoms with Gasteiger partial charge < -0.3 is 14.2 Å². The molecule has 2 aromatic carbocycles. The highest BCUT2D eigenvalue weighted by atomic mass is 32.2. The summed E-state index contributed by atoms with van der Waals surface area (Å²) in [6, 6.07) is 9.06. The fraction of sp³-hybridized carbons (Fsp3) is 0.417. The zero-order chi connectivity index (χ0) is 24.0. The van der Waals surface area contributed by atoms with Gasteiger partial charge in [-0.3, -0.25) is 4.79 Å². The lowest BCUT2D eigenvalue weighted by Gasteiger charge is -2.20. The molecule has 0 bridgehead atoms. The second kappa shape index (κ2) is 10.8. The Kier molecular flexibility index (Phi) is 8.10. The first-order valence-electron chi connectivity index (χ1n) is 10.8. The average molecular weight is 476 g/mol. The van der Waals surface area contributed by atoms with Gasteiger partial charge >= 0.3 is 5.97 Å². The van der Waals surface area contributed by atoms with E-state index in [4.69, 9.17) is 14.2 Å². The summed E-state index contributed by atoms with van der Waals surface area (Å²) in [6.07, 6.45) is 3.62. The molecular formula is C24H29NO7S. The van der Waals surface area contributed by atoms with Crippen LogP contribution in [0.5, 0.6) is 11.5 Å². The number of esters is 1. The van der Waals surface area contributed by atoms with Crippen LogP contribution in [0, 0.1) is 0 Å². The summed E-state index contributed by atoms with van der Waals surface area (Å²) in [5.74, 6) is -0.190. The maximum absolute atomic E-state index is 13.2. The third kappa shape index (κ3) is 5.72. The molecule has 9 heteroatoms. The van der Waals surface area contributed by atoms with Gasteiger partial charge in [-0.15, -0.1) is 0 Å². The number of methoxy groups -OCH3 is 2. The Morgan fingerprint density at radius 2 is 1.55 bits per heavy atom. The van der Waals surface area contributed by atoms with Gasteiger partial charge in [-0.1, -0.05) is 12.8 Å². The van der Waals surface area contributed by atoms with E-state index in [1.165, 1.54) is 43.6 Å². The summed E-state index contributed by atoms with van der Waals surface area (Å²) in [5.41, 5.74) is 0.992. The average Bonchev–Trinajstić information content (AvgIpc) is 3.12. The van der Waals surface area contributed by atoms with Gasteiger partial charge in [0.15, 0.2) is 5.78 Å². The molecule has 2 aromatic rings. The summed E-state index contributed by atoms with van der Waals surface area (Å²) < 4.78 is 43.8. The third-order valence-electron chi connectivity index (χ3n) is 5.64. The number of Topliss-reactive ketones (excluding diaryl/α,β-unsaturated/α-hetero) is 1. The highest BCUT2D eigenvalue weighted by molar-refractivity contribution is 7.89. The van der Waals surface area contributed by atoms with E-state index >= 15 is 0 Å². The lowest BCUT2D eigenvalue weighted by molar-refractivity contribution is 0.0466. The molecule has 3 rings (SSSR count). The zero-order valence-electron chi connectivity index (χ0n) is 19.1. The van der Waals surface area contributed by atoms with Gasteiger partial charge in [0.2, 0.25) is 10.0 Å². The third-order valence-corrected chi connectivity index (χ3v) is 7.53. The van der Waals surface area contributed by atoms with Crippen molar-refractivity contribution in [2.75, 3.05) is 27.3 Å². The molecule has 1 saturated heterocycles. The van der Waals surface area contributed by atoms with Crippen molar-refractivity contribution in [3.8, 4) is 11.5 Å². The van der Waals surface area contributed by atoms with Crippen LogP contribution in [0.25, 0.3) is 0 Å². The molecule has 8 nitrogen and oxygen atoms in total. The summed E-state index contributed by atoms with van der Waals surface area (Å²) in [6.45, 7) is 2.20. The number of carbonyl (C=O) groups is 2.